The molecule has 20 heavy (non-hydrogen) atoms. The zero-order valence-electron chi connectivity index (χ0n) is 10.9. The number of nitrogen functional groups attached to an aromatic ring is 1. The molecule has 6 nitrogen and oxygen atoms in total. The second kappa shape index (κ2) is 5.59. The summed E-state index contributed by atoms with van der Waals surface area (Å²) in [7, 11) is -3.93. The van der Waals surface area contributed by atoms with E-state index in [9.17, 15) is 12.8 Å². The summed E-state index contributed by atoms with van der Waals surface area (Å²) in [5, 5.41) is 0. The summed E-state index contributed by atoms with van der Waals surface area (Å²) < 4.78 is 40.3. The highest BCUT2D eigenvalue weighted by Gasteiger charge is 2.20. The van der Waals surface area contributed by atoms with Crippen LogP contribution in [0, 0.1) is 12.7 Å². The van der Waals surface area contributed by atoms with Crippen molar-refractivity contribution in [3.8, 4) is 0 Å². The van der Waals surface area contributed by atoms with Crippen molar-refractivity contribution in [2.45, 2.75) is 18.2 Å². The van der Waals surface area contributed by atoms with Crippen LogP contribution < -0.4 is 10.5 Å². The molecule has 0 spiro atoms. The lowest BCUT2D eigenvalue weighted by Crippen LogP contribution is -2.27. The van der Waals surface area contributed by atoms with E-state index in [1.807, 2.05) is 0 Å². The highest BCUT2D eigenvalue weighted by molar-refractivity contribution is 7.89. The van der Waals surface area contributed by atoms with Gasteiger partial charge in [0.25, 0.3) is 0 Å². The topological polar surface area (TPSA) is 101 Å². The number of aryl methyl sites for hydroxylation is 1. The second-order valence-electron chi connectivity index (χ2n) is 4.37. The van der Waals surface area contributed by atoms with Gasteiger partial charge in [-0.05, 0) is 24.6 Å². The Kier molecular flexibility index (Phi) is 4.05. The monoisotopic (exact) mass is 298 g/mol. The number of imidazole rings is 1. The SMILES string of the molecule is Cc1cc(N)cc(S(=O)(=O)NCCc2cnc[nH]2)c1F. The molecule has 0 unspecified atom stereocenters. The molecule has 1 aromatic heterocycles. The number of aromatic nitrogens is 2. The van der Waals surface area contributed by atoms with Crippen molar-refractivity contribution in [3.63, 3.8) is 0 Å². The van der Waals surface area contributed by atoms with E-state index in [1.54, 1.807) is 6.20 Å². The number of H-pyrrole nitrogens is 1. The number of nitrogens with two attached hydrogens (primary N) is 1. The average molecular weight is 298 g/mol. The van der Waals surface area contributed by atoms with Gasteiger partial charge in [0, 0.05) is 30.5 Å². The van der Waals surface area contributed by atoms with E-state index in [2.05, 4.69) is 14.7 Å². The molecule has 4 N–H and O–H groups in total. The van der Waals surface area contributed by atoms with E-state index < -0.39 is 20.7 Å². The first kappa shape index (κ1) is 14.5. The summed E-state index contributed by atoms with van der Waals surface area (Å²) in [5.74, 6) is -0.784. The molecule has 0 amide bonds. The number of sulfonamides is 1. The Morgan fingerprint density at radius 3 is 2.85 bits per heavy atom. The molecule has 0 atom stereocenters. The van der Waals surface area contributed by atoms with E-state index in [0.717, 1.165) is 11.8 Å². The van der Waals surface area contributed by atoms with Crippen LogP contribution >= 0.6 is 0 Å². The lowest BCUT2D eigenvalue weighted by molar-refractivity contribution is 0.553. The summed E-state index contributed by atoms with van der Waals surface area (Å²) in [4.78, 5) is 6.25. The maximum absolute atomic E-state index is 13.9. The van der Waals surface area contributed by atoms with Crippen molar-refractivity contribution in [2.24, 2.45) is 0 Å². The number of halogens is 1. The number of benzene rings is 1. The number of anilines is 1. The van der Waals surface area contributed by atoms with Gasteiger partial charge in [-0.3, -0.25) is 0 Å². The first-order chi connectivity index (χ1) is 9.40. The van der Waals surface area contributed by atoms with Crippen molar-refractivity contribution >= 4 is 15.7 Å². The quantitative estimate of drug-likeness (QED) is 0.716. The molecule has 0 aliphatic heterocycles. The number of rotatable bonds is 5. The van der Waals surface area contributed by atoms with Crippen molar-refractivity contribution in [2.75, 3.05) is 12.3 Å². The Labute approximate surface area is 116 Å². The van der Waals surface area contributed by atoms with Gasteiger partial charge in [0.15, 0.2) is 0 Å². The molecule has 0 saturated carbocycles. The molecule has 108 valence electrons. The van der Waals surface area contributed by atoms with Gasteiger partial charge in [0.1, 0.15) is 10.7 Å². The summed E-state index contributed by atoms with van der Waals surface area (Å²) in [5.41, 5.74) is 6.75. The Morgan fingerprint density at radius 2 is 2.20 bits per heavy atom. The number of hydrogen-bond acceptors (Lipinski definition) is 4. The standard InChI is InChI=1S/C12H15FN4O2S/c1-8-4-9(14)5-11(12(8)13)20(18,19)17-3-2-10-6-15-7-16-10/h4-7,17H,2-3,14H2,1H3,(H,15,16). The number of hydrogen-bond donors (Lipinski definition) is 3. The van der Waals surface area contributed by atoms with Crippen LogP contribution in [0.4, 0.5) is 10.1 Å². The van der Waals surface area contributed by atoms with E-state index in [0.29, 0.717) is 6.42 Å². The van der Waals surface area contributed by atoms with Gasteiger partial charge in [-0.2, -0.15) is 0 Å². The largest absolute Gasteiger partial charge is 0.399 e. The Hall–Kier alpha value is -1.93. The first-order valence-electron chi connectivity index (χ1n) is 5.92. The maximum atomic E-state index is 13.9. The lowest BCUT2D eigenvalue weighted by atomic mass is 10.2. The fourth-order valence-corrected chi connectivity index (χ4v) is 2.99. The first-order valence-corrected chi connectivity index (χ1v) is 7.41. The van der Waals surface area contributed by atoms with Crippen LogP contribution in [0.3, 0.4) is 0 Å². The molecule has 8 heteroatoms. The Balaban J connectivity index is 2.14. The zero-order valence-corrected chi connectivity index (χ0v) is 11.7. The van der Waals surface area contributed by atoms with Crippen LogP contribution in [0.5, 0.6) is 0 Å². The molecule has 1 heterocycles. The molecule has 1 aromatic carbocycles. The molecule has 0 aliphatic carbocycles. The number of aromatic amines is 1. The van der Waals surface area contributed by atoms with Gasteiger partial charge in [-0.25, -0.2) is 22.5 Å². The molecule has 0 aliphatic rings. The van der Waals surface area contributed by atoms with Crippen LogP contribution in [0.1, 0.15) is 11.3 Å². The van der Waals surface area contributed by atoms with Gasteiger partial charge in [0.05, 0.1) is 6.33 Å². The normalized spacial score (nSPS) is 11.7. The van der Waals surface area contributed by atoms with Crippen LogP contribution in [0.2, 0.25) is 0 Å². The minimum Gasteiger partial charge on any atom is -0.399 e. The highest BCUT2D eigenvalue weighted by Crippen LogP contribution is 2.21. The number of nitrogens with one attached hydrogen (secondary N) is 2. The maximum Gasteiger partial charge on any atom is 0.243 e. The third kappa shape index (κ3) is 3.14. The second-order valence-corrected chi connectivity index (χ2v) is 6.11. The van der Waals surface area contributed by atoms with Gasteiger partial charge < -0.3 is 10.7 Å². The van der Waals surface area contributed by atoms with Crippen molar-refractivity contribution in [3.05, 3.63) is 41.7 Å². The van der Waals surface area contributed by atoms with Crippen LogP contribution in [0.15, 0.2) is 29.6 Å². The summed E-state index contributed by atoms with van der Waals surface area (Å²) in [6.45, 7) is 1.60. The van der Waals surface area contributed by atoms with Crippen molar-refractivity contribution in [1.29, 1.82) is 0 Å². The van der Waals surface area contributed by atoms with Gasteiger partial charge in [-0.1, -0.05) is 0 Å². The van der Waals surface area contributed by atoms with Gasteiger partial charge in [0.2, 0.25) is 10.0 Å². The minimum atomic E-state index is -3.93. The van der Waals surface area contributed by atoms with Crippen molar-refractivity contribution < 1.29 is 12.8 Å². The summed E-state index contributed by atoms with van der Waals surface area (Å²) in [6, 6.07) is 2.50. The average Bonchev–Trinajstić information content (AvgIpc) is 2.86. The molecule has 2 aromatic rings. The fraction of sp³-hybridized carbons (Fsp3) is 0.250. The minimum absolute atomic E-state index is 0.137. The van der Waals surface area contributed by atoms with E-state index >= 15 is 0 Å². The zero-order chi connectivity index (χ0) is 14.8. The fourth-order valence-electron chi connectivity index (χ4n) is 1.78. The summed E-state index contributed by atoms with van der Waals surface area (Å²) >= 11 is 0. The Morgan fingerprint density at radius 1 is 1.45 bits per heavy atom. The third-order valence-electron chi connectivity index (χ3n) is 2.77. The summed E-state index contributed by atoms with van der Waals surface area (Å²) in [6.07, 6.45) is 3.53. The predicted molar refractivity (Wildman–Crippen MR) is 73.0 cm³/mol. The highest BCUT2D eigenvalue weighted by atomic mass is 32.2. The molecule has 0 bridgehead atoms. The van der Waals surface area contributed by atoms with Gasteiger partial charge in [-0.15, -0.1) is 0 Å². The molecule has 0 saturated heterocycles. The molecule has 0 fully saturated rings. The lowest BCUT2D eigenvalue weighted by Gasteiger charge is -2.09. The van der Waals surface area contributed by atoms with E-state index in [-0.39, 0.29) is 17.8 Å². The number of nitrogens with zero attached hydrogens (tertiary/aromatic N) is 1. The molecular weight excluding hydrogens is 283 g/mol. The van der Waals surface area contributed by atoms with Gasteiger partial charge >= 0.3 is 0 Å². The van der Waals surface area contributed by atoms with E-state index in [4.69, 9.17) is 5.73 Å². The molecule has 2 rings (SSSR count). The van der Waals surface area contributed by atoms with Crippen LogP contribution in [0.25, 0.3) is 0 Å². The van der Waals surface area contributed by atoms with Crippen molar-refractivity contribution in [1.82, 2.24) is 14.7 Å². The van der Waals surface area contributed by atoms with Crippen LogP contribution in [-0.4, -0.2) is 24.9 Å². The Bertz CT molecular complexity index is 698. The molecular formula is C12H15FN4O2S. The molecule has 0 radical (unpaired) electrons. The third-order valence-corrected chi connectivity index (χ3v) is 4.23. The smallest absolute Gasteiger partial charge is 0.243 e. The van der Waals surface area contributed by atoms with Crippen LogP contribution in [-0.2, 0) is 16.4 Å². The predicted octanol–water partition coefficient (Wildman–Crippen LogP) is 0.960. The van der Waals surface area contributed by atoms with E-state index in [1.165, 1.54) is 19.3 Å².